The maximum atomic E-state index is 2.49. The van der Waals surface area contributed by atoms with Gasteiger partial charge < -0.3 is 4.90 Å². The number of anilines is 3. The summed E-state index contributed by atoms with van der Waals surface area (Å²) in [5.74, 6) is 0. The average molecular weight is 946 g/mol. The smallest absolute Gasteiger partial charge is 0.0714 e. The van der Waals surface area contributed by atoms with Gasteiger partial charge in [0, 0.05) is 27.9 Å². The van der Waals surface area contributed by atoms with E-state index in [2.05, 4.69) is 293 Å². The number of rotatable bonds is 8. The van der Waals surface area contributed by atoms with Gasteiger partial charge in [0.05, 0.1) is 5.41 Å². The summed E-state index contributed by atoms with van der Waals surface area (Å²) in [7, 11) is 0. The fourth-order valence-corrected chi connectivity index (χ4v) is 13.4. The summed E-state index contributed by atoms with van der Waals surface area (Å²) in [4.78, 5) is 2.47. The van der Waals surface area contributed by atoms with Crippen LogP contribution in [0.4, 0.5) is 17.1 Å². The molecule has 1 atom stereocenters. The molecule has 0 fully saturated rings. The largest absolute Gasteiger partial charge is 0.310 e. The van der Waals surface area contributed by atoms with Gasteiger partial charge in [0.15, 0.2) is 0 Å². The van der Waals surface area contributed by atoms with E-state index in [0.717, 1.165) is 17.1 Å². The monoisotopic (exact) mass is 945 g/mol. The topological polar surface area (TPSA) is 3.24 Å². The van der Waals surface area contributed by atoms with Crippen molar-refractivity contribution < 1.29 is 0 Å². The Labute approximate surface area is 435 Å². The summed E-state index contributed by atoms with van der Waals surface area (Å²) in [5.41, 5.74) is 28.4. The van der Waals surface area contributed by atoms with Crippen molar-refractivity contribution in [2.45, 2.75) is 43.9 Å². The first kappa shape index (κ1) is 44.0. The van der Waals surface area contributed by atoms with Crippen LogP contribution in [-0.2, 0) is 16.2 Å². The first-order valence-electron chi connectivity index (χ1n) is 26.2. The van der Waals surface area contributed by atoms with Gasteiger partial charge in [-0.1, -0.05) is 252 Å². The van der Waals surface area contributed by atoms with Gasteiger partial charge in [-0.2, -0.15) is 0 Å². The molecule has 1 heteroatoms. The highest BCUT2D eigenvalue weighted by Gasteiger charge is 2.46. The minimum Gasteiger partial charge on any atom is -0.310 e. The molecule has 0 N–H and O–H groups in total. The lowest BCUT2D eigenvalue weighted by Crippen LogP contribution is -2.28. The Morgan fingerprint density at radius 2 is 0.622 bits per heavy atom. The van der Waals surface area contributed by atoms with Crippen molar-refractivity contribution >= 4 is 17.1 Å². The van der Waals surface area contributed by atoms with Crippen LogP contribution in [0.25, 0.3) is 66.8 Å². The molecule has 0 radical (unpaired) electrons. The molecule has 0 aromatic heterocycles. The number of fused-ring (bicyclic) bond motifs is 9. The van der Waals surface area contributed by atoms with Gasteiger partial charge in [0.1, 0.15) is 0 Å². The van der Waals surface area contributed by atoms with E-state index >= 15 is 0 Å². The van der Waals surface area contributed by atoms with E-state index in [4.69, 9.17) is 0 Å². The van der Waals surface area contributed by atoms with Crippen LogP contribution in [0, 0.1) is 0 Å². The van der Waals surface area contributed by atoms with Gasteiger partial charge in [-0.15, -0.1) is 0 Å². The van der Waals surface area contributed by atoms with Crippen LogP contribution in [0.15, 0.2) is 261 Å². The summed E-state index contributed by atoms with van der Waals surface area (Å²) in [6.45, 7) is 9.44. The molecule has 1 nitrogen and oxygen atoms in total. The molecule has 11 aromatic carbocycles. The van der Waals surface area contributed by atoms with Crippen LogP contribution in [0.3, 0.4) is 0 Å². The molecule has 0 amide bonds. The van der Waals surface area contributed by atoms with E-state index in [0.29, 0.717) is 0 Å². The predicted molar refractivity (Wildman–Crippen MR) is 310 cm³/mol. The second-order valence-electron chi connectivity index (χ2n) is 21.6. The quantitative estimate of drug-likeness (QED) is 0.147. The van der Waals surface area contributed by atoms with Gasteiger partial charge >= 0.3 is 0 Å². The van der Waals surface area contributed by atoms with Crippen molar-refractivity contribution in [3.63, 3.8) is 0 Å². The lowest BCUT2D eigenvalue weighted by atomic mass is 9.67. The fraction of sp³-hybridized carbons (Fsp3) is 0.0959. The summed E-state index contributed by atoms with van der Waals surface area (Å²) in [6, 6.07) is 97.7. The van der Waals surface area contributed by atoms with E-state index in [-0.39, 0.29) is 10.8 Å². The van der Waals surface area contributed by atoms with E-state index in [9.17, 15) is 0 Å². The number of hydrogen-bond donors (Lipinski definition) is 0. The Hall–Kier alpha value is -8.78. The van der Waals surface area contributed by atoms with Crippen LogP contribution in [0.5, 0.6) is 0 Å². The Bertz CT molecular complexity index is 3820. The lowest BCUT2D eigenvalue weighted by molar-refractivity contribution is 0.660. The third-order valence-electron chi connectivity index (χ3n) is 17.0. The van der Waals surface area contributed by atoms with Crippen LogP contribution in [-0.4, -0.2) is 0 Å². The molecule has 0 heterocycles. The maximum Gasteiger partial charge on any atom is 0.0714 e. The van der Waals surface area contributed by atoms with Crippen molar-refractivity contribution in [2.75, 3.05) is 4.90 Å². The second kappa shape index (κ2) is 16.6. The molecule has 0 saturated heterocycles. The van der Waals surface area contributed by atoms with Crippen LogP contribution < -0.4 is 4.90 Å². The van der Waals surface area contributed by atoms with Gasteiger partial charge in [0.2, 0.25) is 0 Å². The number of benzene rings is 11. The molecule has 1 unspecified atom stereocenters. The van der Waals surface area contributed by atoms with Gasteiger partial charge in [-0.05, 0) is 148 Å². The molecule has 0 bridgehead atoms. The Balaban J connectivity index is 0.949. The third-order valence-corrected chi connectivity index (χ3v) is 17.0. The summed E-state index contributed by atoms with van der Waals surface area (Å²) >= 11 is 0. The number of hydrogen-bond acceptors (Lipinski definition) is 1. The number of nitrogens with zero attached hydrogens (tertiary/aromatic N) is 1. The summed E-state index contributed by atoms with van der Waals surface area (Å²) < 4.78 is 0. The fourth-order valence-electron chi connectivity index (χ4n) is 13.4. The highest BCUT2D eigenvalue weighted by atomic mass is 15.1. The highest BCUT2D eigenvalue weighted by molar-refractivity contribution is 5.96. The second-order valence-corrected chi connectivity index (χ2v) is 21.6. The van der Waals surface area contributed by atoms with E-state index in [1.54, 1.807) is 0 Å². The third kappa shape index (κ3) is 6.42. The summed E-state index contributed by atoms with van der Waals surface area (Å²) in [5, 5.41) is 0. The van der Waals surface area contributed by atoms with Crippen molar-refractivity contribution in [3.05, 3.63) is 305 Å². The minimum atomic E-state index is -0.576. The summed E-state index contributed by atoms with van der Waals surface area (Å²) in [6.07, 6.45) is 0. The first-order valence-corrected chi connectivity index (χ1v) is 26.2. The van der Waals surface area contributed by atoms with Crippen LogP contribution >= 0.6 is 0 Å². The van der Waals surface area contributed by atoms with Crippen molar-refractivity contribution in [2.24, 2.45) is 0 Å². The van der Waals surface area contributed by atoms with E-state index in [1.165, 1.54) is 111 Å². The molecule has 0 aliphatic heterocycles. The zero-order valence-electron chi connectivity index (χ0n) is 42.3. The molecular formula is C73H55N. The maximum absolute atomic E-state index is 2.49. The molecule has 0 saturated carbocycles. The van der Waals surface area contributed by atoms with E-state index in [1.807, 2.05) is 0 Å². The van der Waals surface area contributed by atoms with Gasteiger partial charge in [-0.25, -0.2) is 0 Å². The zero-order chi connectivity index (χ0) is 49.8. The SMILES string of the molecule is CC1(C)c2ccccc2-c2c(-c3ccc(N(c4ccc(-c5cccc6c5-c5ccccc5C6(C)C)cc4)c4ccc5c(c4)C(c4ccccc4)(c4ccc(-c6ccccc6)cc4)c4ccccc4-5)cc3)cccc21. The molecule has 11 aromatic rings. The van der Waals surface area contributed by atoms with Crippen molar-refractivity contribution in [3.8, 4) is 66.8 Å². The van der Waals surface area contributed by atoms with Crippen LogP contribution in [0.1, 0.15) is 72.2 Å². The first-order chi connectivity index (χ1) is 36.2. The van der Waals surface area contributed by atoms with Gasteiger partial charge in [-0.3, -0.25) is 0 Å². The van der Waals surface area contributed by atoms with Crippen LogP contribution in [0.2, 0.25) is 0 Å². The standard InChI is InChI=1S/C73H55N/c1-71(2)63-28-14-12-24-61(63)69-57(26-17-31-66(69)71)50-35-41-54(42-36-50)74(55-43-37-51(38-44-55)58-27-18-32-67-70(58)62-25-13-15-29-64(62)72(67,3)4)56-45-46-60-59-23-11-16-30-65(59)73(68(60)47-56,52-21-9-6-10-22-52)53-39-33-49(34-40-53)48-19-7-5-8-20-48/h5-47H,1-4H3. The zero-order valence-corrected chi connectivity index (χ0v) is 42.3. The van der Waals surface area contributed by atoms with Crippen molar-refractivity contribution in [1.29, 1.82) is 0 Å². The minimum absolute atomic E-state index is 0.0730. The molecular weight excluding hydrogens is 891 g/mol. The Kier molecular flexibility index (Phi) is 9.88. The Morgan fingerprint density at radius 3 is 1.16 bits per heavy atom. The lowest BCUT2D eigenvalue weighted by Gasteiger charge is -2.35. The predicted octanol–water partition coefficient (Wildman–Crippen LogP) is 19.1. The van der Waals surface area contributed by atoms with E-state index < -0.39 is 5.41 Å². The molecule has 3 aliphatic carbocycles. The highest BCUT2D eigenvalue weighted by Crippen LogP contribution is 2.58. The van der Waals surface area contributed by atoms with Crippen molar-refractivity contribution in [1.82, 2.24) is 0 Å². The average Bonchev–Trinajstić information content (AvgIpc) is 3.99. The molecule has 0 spiro atoms. The molecule has 14 rings (SSSR count). The Morgan fingerprint density at radius 1 is 0.243 bits per heavy atom. The molecule has 352 valence electrons. The normalized spacial score (nSPS) is 15.8. The molecule has 3 aliphatic rings. The van der Waals surface area contributed by atoms with Gasteiger partial charge in [0.25, 0.3) is 0 Å². The molecule has 74 heavy (non-hydrogen) atoms.